The van der Waals surface area contributed by atoms with Crippen molar-refractivity contribution in [3.05, 3.63) is 65.5 Å². The van der Waals surface area contributed by atoms with E-state index in [1.54, 1.807) is 0 Å². The molecule has 3 aromatic rings. The minimum atomic E-state index is -0.0394. The summed E-state index contributed by atoms with van der Waals surface area (Å²) in [5.41, 5.74) is 4.18. The Hall–Kier alpha value is -2.99. The number of nitrogens with one attached hydrogen (secondary N) is 1. The molecule has 1 amide bonds. The number of nitrogens with zero attached hydrogens (tertiary/aromatic N) is 3. The van der Waals surface area contributed by atoms with Crippen molar-refractivity contribution in [3.63, 3.8) is 0 Å². The summed E-state index contributed by atoms with van der Waals surface area (Å²) in [5.74, 6) is 1.25. The Bertz CT molecular complexity index is 1010. The first-order valence-electron chi connectivity index (χ1n) is 10.6. The van der Waals surface area contributed by atoms with E-state index in [1.807, 2.05) is 49.4 Å². The van der Waals surface area contributed by atoms with E-state index in [0.29, 0.717) is 24.8 Å². The van der Waals surface area contributed by atoms with Crippen LogP contribution in [0.25, 0.3) is 11.4 Å². The van der Waals surface area contributed by atoms with Gasteiger partial charge in [0, 0.05) is 17.8 Å². The monoisotopic (exact) mass is 404 g/mol. The second-order valence-corrected chi connectivity index (χ2v) is 7.90. The van der Waals surface area contributed by atoms with E-state index in [0.717, 1.165) is 48.2 Å². The molecule has 0 aliphatic carbocycles. The highest BCUT2D eigenvalue weighted by molar-refractivity contribution is 5.93. The van der Waals surface area contributed by atoms with Gasteiger partial charge in [0.25, 0.3) is 0 Å². The molecule has 1 aliphatic heterocycles. The summed E-state index contributed by atoms with van der Waals surface area (Å²) in [6, 6.07) is 16.0. The smallest absolute Gasteiger partial charge is 0.241 e. The van der Waals surface area contributed by atoms with Gasteiger partial charge in [-0.2, -0.15) is 4.98 Å². The summed E-state index contributed by atoms with van der Waals surface area (Å²) < 4.78 is 5.50. The minimum absolute atomic E-state index is 0.0394. The average Bonchev–Trinajstić information content (AvgIpc) is 3.22. The van der Waals surface area contributed by atoms with Crippen molar-refractivity contribution >= 4 is 11.6 Å². The van der Waals surface area contributed by atoms with Gasteiger partial charge in [0.2, 0.25) is 17.6 Å². The summed E-state index contributed by atoms with van der Waals surface area (Å²) in [6.45, 7) is 6.33. The van der Waals surface area contributed by atoms with Crippen LogP contribution in [0, 0.1) is 12.8 Å². The van der Waals surface area contributed by atoms with Gasteiger partial charge in [-0.05, 0) is 49.9 Å². The van der Waals surface area contributed by atoms with Crippen molar-refractivity contribution in [1.82, 2.24) is 15.0 Å². The molecule has 1 unspecified atom stereocenters. The molecule has 0 spiro atoms. The van der Waals surface area contributed by atoms with Crippen LogP contribution in [0.15, 0.2) is 53.1 Å². The highest BCUT2D eigenvalue weighted by atomic mass is 16.5. The van der Waals surface area contributed by atoms with Gasteiger partial charge in [-0.15, -0.1) is 0 Å². The summed E-state index contributed by atoms with van der Waals surface area (Å²) >= 11 is 0. The number of carbonyl (C=O) groups excluding carboxylic acids is 1. The van der Waals surface area contributed by atoms with E-state index >= 15 is 0 Å². The second kappa shape index (κ2) is 9.22. The molecule has 0 bridgehead atoms. The molecule has 1 aromatic heterocycles. The van der Waals surface area contributed by atoms with Crippen LogP contribution >= 0.6 is 0 Å². The first-order valence-corrected chi connectivity index (χ1v) is 10.6. The molecule has 0 saturated carbocycles. The maximum atomic E-state index is 12.9. The van der Waals surface area contributed by atoms with Crippen molar-refractivity contribution in [2.45, 2.75) is 39.7 Å². The number of rotatable bonds is 6. The van der Waals surface area contributed by atoms with Crippen LogP contribution in [0.1, 0.15) is 36.8 Å². The number of benzene rings is 2. The molecule has 1 atom stereocenters. The lowest BCUT2D eigenvalue weighted by molar-refractivity contribution is -0.121. The van der Waals surface area contributed by atoms with Crippen LogP contribution < -0.4 is 5.32 Å². The number of aromatic nitrogens is 2. The van der Waals surface area contributed by atoms with Crippen molar-refractivity contribution in [2.24, 2.45) is 5.92 Å². The van der Waals surface area contributed by atoms with Gasteiger partial charge in [0.1, 0.15) is 0 Å². The molecule has 2 heterocycles. The molecule has 1 N–H and O–H groups in total. The number of piperidine rings is 1. The molecule has 4 rings (SSSR count). The first kappa shape index (κ1) is 20.3. The van der Waals surface area contributed by atoms with E-state index in [1.165, 1.54) is 0 Å². The fraction of sp³-hybridized carbons (Fsp3) is 0.375. The highest BCUT2D eigenvalue weighted by Gasteiger charge is 2.27. The Kier molecular flexibility index (Phi) is 6.23. The van der Waals surface area contributed by atoms with Crippen LogP contribution in [-0.4, -0.2) is 34.0 Å². The van der Waals surface area contributed by atoms with Gasteiger partial charge in [0.15, 0.2) is 0 Å². The second-order valence-electron chi connectivity index (χ2n) is 7.90. The molecule has 30 heavy (non-hydrogen) atoms. The number of hydrogen-bond donors (Lipinski definition) is 1. The fourth-order valence-electron chi connectivity index (χ4n) is 4.04. The number of hydrogen-bond acceptors (Lipinski definition) is 5. The summed E-state index contributed by atoms with van der Waals surface area (Å²) in [4.78, 5) is 19.7. The Morgan fingerprint density at radius 3 is 2.83 bits per heavy atom. The molecule has 6 heteroatoms. The van der Waals surface area contributed by atoms with Gasteiger partial charge in [-0.25, -0.2) is 0 Å². The lowest BCUT2D eigenvalue weighted by Crippen LogP contribution is -2.40. The molecule has 156 valence electrons. The number of carbonyl (C=O) groups is 1. The Labute approximate surface area is 177 Å². The van der Waals surface area contributed by atoms with E-state index in [2.05, 4.69) is 33.3 Å². The third-order valence-electron chi connectivity index (χ3n) is 5.75. The van der Waals surface area contributed by atoms with Crippen LogP contribution in [0.4, 0.5) is 5.69 Å². The summed E-state index contributed by atoms with van der Waals surface area (Å²) in [6.07, 6.45) is 2.77. The number of para-hydroxylation sites is 1. The van der Waals surface area contributed by atoms with Crippen molar-refractivity contribution in [2.75, 3.05) is 18.4 Å². The molecule has 1 fully saturated rings. The zero-order chi connectivity index (χ0) is 20.9. The zero-order valence-corrected chi connectivity index (χ0v) is 17.6. The van der Waals surface area contributed by atoms with E-state index < -0.39 is 0 Å². The number of aryl methyl sites for hydroxylation is 2. The third-order valence-corrected chi connectivity index (χ3v) is 5.75. The van der Waals surface area contributed by atoms with Crippen molar-refractivity contribution in [3.8, 4) is 11.4 Å². The van der Waals surface area contributed by atoms with Gasteiger partial charge in [0.05, 0.1) is 12.5 Å². The topological polar surface area (TPSA) is 71.3 Å². The number of amides is 1. The third kappa shape index (κ3) is 4.60. The Balaban J connectivity index is 1.39. The van der Waals surface area contributed by atoms with Crippen LogP contribution in [0.2, 0.25) is 0 Å². The Morgan fingerprint density at radius 1 is 1.20 bits per heavy atom. The summed E-state index contributed by atoms with van der Waals surface area (Å²) in [7, 11) is 0. The van der Waals surface area contributed by atoms with Crippen molar-refractivity contribution < 1.29 is 9.32 Å². The molecular formula is C24H28N4O2. The average molecular weight is 405 g/mol. The van der Waals surface area contributed by atoms with E-state index in [4.69, 9.17) is 4.52 Å². The van der Waals surface area contributed by atoms with Crippen LogP contribution in [-0.2, 0) is 17.8 Å². The lowest BCUT2D eigenvalue weighted by atomic mass is 9.96. The van der Waals surface area contributed by atoms with Gasteiger partial charge < -0.3 is 9.84 Å². The normalized spacial score (nSPS) is 17.1. The number of anilines is 1. The van der Waals surface area contributed by atoms with Gasteiger partial charge >= 0.3 is 0 Å². The molecular weight excluding hydrogens is 376 g/mol. The molecule has 2 aromatic carbocycles. The van der Waals surface area contributed by atoms with Gasteiger partial charge in [-0.3, -0.25) is 9.69 Å². The maximum absolute atomic E-state index is 12.9. The predicted octanol–water partition coefficient (Wildman–Crippen LogP) is 4.46. The van der Waals surface area contributed by atoms with Crippen LogP contribution in [0.5, 0.6) is 0 Å². The maximum Gasteiger partial charge on any atom is 0.241 e. The largest absolute Gasteiger partial charge is 0.338 e. The standard InChI is InChI=1S/C24H28N4O2/c1-3-18-10-5-7-13-21(18)25-24(29)19-11-8-14-28(15-19)16-22-26-23(27-30-22)20-12-6-4-9-17(20)2/h4-7,9-10,12-13,19H,3,8,11,14-16H2,1-2H3,(H,25,29). The quantitative estimate of drug-likeness (QED) is 0.657. The first-order chi connectivity index (χ1) is 14.6. The van der Waals surface area contributed by atoms with Gasteiger partial charge in [-0.1, -0.05) is 54.5 Å². The predicted molar refractivity (Wildman–Crippen MR) is 117 cm³/mol. The van der Waals surface area contributed by atoms with Crippen molar-refractivity contribution in [1.29, 1.82) is 0 Å². The highest BCUT2D eigenvalue weighted by Crippen LogP contribution is 2.24. The summed E-state index contributed by atoms with van der Waals surface area (Å²) in [5, 5.41) is 7.28. The van der Waals surface area contributed by atoms with E-state index in [9.17, 15) is 4.79 Å². The zero-order valence-electron chi connectivity index (χ0n) is 17.6. The minimum Gasteiger partial charge on any atom is -0.338 e. The molecule has 1 aliphatic rings. The fourth-order valence-corrected chi connectivity index (χ4v) is 4.04. The Morgan fingerprint density at radius 2 is 2.00 bits per heavy atom. The lowest BCUT2D eigenvalue weighted by Gasteiger charge is -2.31. The SMILES string of the molecule is CCc1ccccc1NC(=O)C1CCCN(Cc2nc(-c3ccccc3C)no2)C1. The molecule has 6 nitrogen and oxygen atoms in total. The molecule has 1 saturated heterocycles. The number of likely N-dealkylation sites (tertiary alicyclic amines) is 1. The molecule has 0 radical (unpaired) electrons. The van der Waals surface area contributed by atoms with E-state index in [-0.39, 0.29) is 11.8 Å². The van der Waals surface area contributed by atoms with Crippen LogP contribution in [0.3, 0.4) is 0 Å².